The smallest absolute Gasteiger partial charge is 0.350 e. The Labute approximate surface area is 210 Å². The number of H-pyrrole nitrogens is 1. The predicted octanol–water partition coefficient (Wildman–Crippen LogP) is 3.99. The SMILES string of the molecule is C[C@@H](Nc1ncc(C#N)c(-c2c[nH]c3ncc(C(F)(F)F)cc23)n1)c1cnc(NC2CCN(C)C2)nc1. The van der Waals surface area contributed by atoms with Crippen molar-refractivity contribution in [3.05, 3.63) is 53.7 Å². The maximum atomic E-state index is 13.3. The van der Waals surface area contributed by atoms with Crippen LogP contribution in [-0.2, 0) is 6.18 Å². The van der Waals surface area contributed by atoms with Crippen LogP contribution in [0.3, 0.4) is 0 Å². The van der Waals surface area contributed by atoms with Crippen LogP contribution in [0.2, 0.25) is 0 Å². The minimum atomic E-state index is -4.55. The fourth-order valence-corrected chi connectivity index (χ4v) is 4.24. The number of likely N-dealkylation sites (N-methyl/N-ethyl adjacent to an activating group) is 1. The van der Waals surface area contributed by atoms with Crippen LogP contribution < -0.4 is 10.6 Å². The zero-order valence-electron chi connectivity index (χ0n) is 20.0. The number of aromatic nitrogens is 6. The zero-order valence-corrected chi connectivity index (χ0v) is 20.0. The van der Waals surface area contributed by atoms with Crippen molar-refractivity contribution in [2.45, 2.75) is 31.6 Å². The molecule has 1 aliphatic heterocycles. The molecule has 0 spiro atoms. The van der Waals surface area contributed by atoms with Crippen LogP contribution >= 0.6 is 0 Å². The zero-order chi connectivity index (χ0) is 26.2. The van der Waals surface area contributed by atoms with Gasteiger partial charge in [0.1, 0.15) is 11.7 Å². The molecule has 0 aromatic carbocycles. The number of likely N-dealkylation sites (tertiary alicyclic amines) is 1. The van der Waals surface area contributed by atoms with E-state index in [1.54, 1.807) is 12.4 Å². The van der Waals surface area contributed by atoms with Crippen molar-refractivity contribution < 1.29 is 13.2 Å². The Balaban J connectivity index is 1.38. The number of anilines is 2. The number of fused-ring (bicyclic) bond motifs is 1. The van der Waals surface area contributed by atoms with E-state index >= 15 is 0 Å². The molecule has 10 nitrogen and oxygen atoms in total. The molecule has 1 aliphatic rings. The van der Waals surface area contributed by atoms with Gasteiger partial charge in [-0.2, -0.15) is 18.4 Å². The van der Waals surface area contributed by atoms with Crippen LogP contribution in [0.5, 0.6) is 0 Å². The van der Waals surface area contributed by atoms with Gasteiger partial charge in [-0.25, -0.2) is 24.9 Å². The molecule has 5 rings (SSSR count). The fraction of sp³-hybridized carbons (Fsp3) is 0.333. The van der Waals surface area contributed by atoms with Gasteiger partial charge in [0.05, 0.1) is 29.1 Å². The maximum Gasteiger partial charge on any atom is 0.417 e. The molecule has 4 aromatic heterocycles. The lowest BCUT2D eigenvalue weighted by Gasteiger charge is -2.16. The lowest BCUT2D eigenvalue weighted by atomic mass is 10.1. The van der Waals surface area contributed by atoms with Gasteiger partial charge in [0, 0.05) is 53.9 Å². The molecule has 5 heterocycles. The summed E-state index contributed by atoms with van der Waals surface area (Å²) in [6, 6.07) is 3.02. The van der Waals surface area contributed by atoms with Crippen LogP contribution in [0.25, 0.3) is 22.3 Å². The molecule has 3 N–H and O–H groups in total. The number of nitriles is 1. The van der Waals surface area contributed by atoms with Gasteiger partial charge >= 0.3 is 6.18 Å². The highest BCUT2D eigenvalue weighted by atomic mass is 19.4. The third kappa shape index (κ3) is 5.14. The quantitative estimate of drug-likeness (QED) is 0.354. The average Bonchev–Trinajstić information content (AvgIpc) is 3.49. The Morgan fingerprint density at radius 2 is 1.89 bits per heavy atom. The molecule has 0 bridgehead atoms. The van der Waals surface area contributed by atoms with Gasteiger partial charge in [0.15, 0.2) is 0 Å². The molecular weight excluding hydrogens is 485 g/mol. The van der Waals surface area contributed by atoms with Gasteiger partial charge < -0.3 is 20.5 Å². The molecule has 1 fully saturated rings. The number of hydrogen-bond donors (Lipinski definition) is 3. The molecule has 0 radical (unpaired) electrons. The highest BCUT2D eigenvalue weighted by Crippen LogP contribution is 2.35. The molecule has 4 aromatic rings. The van der Waals surface area contributed by atoms with E-state index in [9.17, 15) is 18.4 Å². The van der Waals surface area contributed by atoms with Gasteiger partial charge in [0.2, 0.25) is 11.9 Å². The van der Waals surface area contributed by atoms with Crippen molar-refractivity contribution in [2.75, 3.05) is 30.8 Å². The van der Waals surface area contributed by atoms with Crippen molar-refractivity contribution in [3.63, 3.8) is 0 Å². The van der Waals surface area contributed by atoms with Crippen LogP contribution in [0.4, 0.5) is 25.1 Å². The molecule has 37 heavy (non-hydrogen) atoms. The summed E-state index contributed by atoms with van der Waals surface area (Å²) in [5.74, 6) is 0.756. The molecule has 0 saturated carbocycles. The molecule has 190 valence electrons. The van der Waals surface area contributed by atoms with Gasteiger partial charge in [-0.1, -0.05) is 0 Å². The second kappa shape index (κ2) is 9.62. The van der Waals surface area contributed by atoms with Crippen molar-refractivity contribution in [1.82, 2.24) is 34.8 Å². The van der Waals surface area contributed by atoms with Gasteiger partial charge in [-0.3, -0.25) is 0 Å². The predicted molar refractivity (Wildman–Crippen MR) is 130 cm³/mol. The maximum absolute atomic E-state index is 13.3. The monoisotopic (exact) mass is 508 g/mol. The lowest BCUT2D eigenvalue weighted by molar-refractivity contribution is -0.137. The number of halogens is 3. The number of hydrogen-bond acceptors (Lipinski definition) is 9. The highest BCUT2D eigenvalue weighted by Gasteiger charge is 2.32. The summed E-state index contributed by atoms with van der Waals surface area (Å²) in [4.78, 5) is 26.4. The first kappa shape index (κ1) is 24.4. The summed E-state index contributed by atoms with van der Waals surface area (Å²) in [7, 11) is 2.07. The minimum absolute atomic E-state index is 0.118. The molecular formula is C24H23F3N10. The van der Waals surface area contributed by atoms with Crippen molar-refractivity contribution in [1.29, 1.82) is 5.26 Å². The summed E-state index contributed by atoms with van der Waals surface area (Å²) < 4.78 is 39.8. The second-order valence-electron chi connectivity index (χ2n) is 8.99. The Morgan fingerprint density at radius 1 is 1.14 bits per heavy atom. The summed E-state index contributed by atoms with van der Waals surface area (Å²) >= 11 is 0. The van der Waals surface area contributed by atoms with Crippen LogP contribution in [-0.4, -0.2) is 61.0 Å². The van der Waals surface area contributed by atoms with Crippen LogP contribution in [0.15, 0.2) is 37.1 Å². The summed E-state index contributed by atoms with van der Waals surface area (Å²) in [5, 5.41) is 16.3. The van der Waals surface area contributed by atoms with E-state index in [1.165, 1.54) is 12.4 Å². The number of alkyl halides is 3. The standard InChI is InChI=1S/C24H23F3N10/c1-13(15-8-31-22(32-9-15)35-17-3-4-37(2)12-17)34-23-33-7-14(6-28)20(36-23)19-11-30-21-18(19)5-16(10-29-21)24(25,26)27/h5,7-11,13,17H,3-4,12H2,1-2H3,(H,29,30)(H,31,32,35)(H,33,34,36)/t13-,17?/m1/s1. The number of nitrogens with zero attached hydrogens (tertiary/aromatic N) is 7. The van der Waals surface area contributed by atoms with E-state index < -0.39 is 11.7 Å². The largest absolute Gasteiger partial charge is 0.417 e. The third-order valence-electron chi connectivity index (χ3n) is 6.26. The highest BCUT2D eigenvalue weighted by molar-refractivity contribution is 5.94. The molecule has 2 atom stereocenters. The molecule has 1 unspecified atom stereocenters. The van der Waals surface area contributed by atoms with E-state index in [-0.39, 0.29) is 34.3 Å². The van der Waals surface area contributed by atoms with Crippen LogP contribution in [0.1, 0.15) is 36.1 Å². The summed E-state index contributed by atoms with van der Waals surface area (Å²) in [6.07, 6.45) is 3.47. The van der Waals surface area contributed by atoms with Gasteiger partial charge in [-0.15, -0.1) is 0 Å². The van der Waals surface area contributed by atoms with Crippen LogP contribution in [0, 0.1) is 11.3 Å². The van der Waals surface area contributed by atoms with E-state index in [0.717, 1.165) is 37.3 Å². The van der Waals surface area contributed by atoms with Gasteiger partial charge in [0.25, 0.3) is 0 Å². The van der Waals surface area contributed by atoms with E-state index in [4.69, 9.17) is 0 Å². The topological polar surface area (TPSA) is 131 Å². The fourth-order valence-electron chi connectivity index (χ4n) is 4.24. The first-order valence-corrected chi connectivity index (χ1v) is 11.6. The molecule has 1 saturated heterocycles. The minimum Gasteiger partial charge on any atom is -0.350 e. The van der Waals surface area contributed by atoms with E-state index in [1.807, 2.05) is 13.0 Å². The lowest BCUT2D eigenvalue weighted by Crippen LogP contribution is -2.24. The van der Waals surface area contributed by atoms with Crippen molar-refractivity contribution in [3.8, 4) is 17.3 Å². The van der Waals surface area contributed by atoms with Crippen molar-refractivity contribution >= 4 is 22.9 Å². The Kier molecular flexibility index (Phi) is 6.34. The van der Waals surface area contributed by atoms with E-state index in [0.29, 0.717) is 17.6 Å². The summed E-state index contributed by atoms with van der Waals surface area (Å²) in [6.45, 7) is 3.84. The van der Waals surface area contributed by atoms with Gasteiger partial charge in [-0.05, 0) is 33.0 Å². The normalized spacial score (nSPS) is 17.0. The Morgan fingerprint density at radius 3 is 2.57 bits per heavy atom. The summed E-state index contributed by atoms with van der Waals surface area (Å²) in [5.41, 5.74) is 0.778. The molecule has 0 amide bonds. The second-order valence-corrected chi connectivity index (χ2v) is 8.99. The molecule has 0 aliphatic carbocycles. The Bertz CT molecular complexity index is 1460. The number of aromatic amines is 1. The number of rotatable bonds is 6. The molecule has 13 heteroatoms. The number of pyridine rings is 1. The third-order valence-corrected chi connectivity index (χ3v) is 6.26. The van der Waals surface area contributed by atoms with Crippen molar-refractivity contribution in [2.24, 2.45) is 0 Å². The average molecular weight is 509 g/mol. The number of nitrogens with one attached hydrogen (secondary N) is 3. The first-order valence-electron chi connectivity index (χ1n) is 11.6. The first-order chi connectivity index (χ1) is 17.7. The van der Waals surface area contributed by atoms with E-state index in [2.05, 4.69) is 52.5 Å². The Hall–Kier alpha value is -4.31.